The van der Waals surface area contributed by atoms with E-state index in [1.807, 2.05) is 6.26 Å². The average molecular weight is 164 g/mol. The molecule has 66 valence electrons. The van der Waals surface area contributed by atoms with Crippen molar-refractivity contribution in [2.75, 3.05) is 6.61 Å². The fourth-order valence-corrected chi connectivity index (χ4v) is 2.00. The van der Waals surface area contributed by atoms with Crippen LogP contribution in [0.25, 0.3) is 0 Å². The molecule has 0 saturated heterocycles. The van der Waals surface area contributed by atoms with Gasteiger partial charge in [-0.2, -0.15) is 0 Å². The van der Waals surface area contributed by atoms with Crippen LogP contribution in [0.4, 0.5) is 0 Å². The smallest absolute Gasteiger partial charge is 0.109 e. The maximum absolute atomic E-state index is 5.27. The van der Waals surface area contributed by atoms with E-state index < -0.39 is 0 Å². The quantitative estimate of drug-likeness (QED) is 0.534. The molecule has 0 aromatic rings. The molecule has 0 saturated carbocycles. The summed E-state index contributed by atoms with van der Waals surface area (Å²) in [6.45, 7) is 5.53. The van der Waals surface area contributed by atoms with Gasteiger partial charge in [-0.05, 0) is 41.9 Å². The summed E-state index contributed by atoms with van der Waals surface area (Å²) in [5.41, 5.74) is 3.55. The van der Waals surface area contributed by atoms with Crippen LogP contribution in [-0.2, 0) is 4.74 Å². The Morgan fingerprint density at radius 2 is 2.25 bits per heavy atom. The first-order chi connectivity index (χ1) is 5.67. The molecular weight excluding hydrogens is 148 g/mol. The van der Waals surface area contributed by atoms with Crippen LogP contribution in [0.5, 0.6) is 0 Å². The number of rotatable bonds is 0. The van der Waals surface area contributed by atoms with Crippen molar-refractivity contribution in [1.29, 1.82) is 0 Å². The molecule has 0 spiro atoms. The second kappa shape index (κ2) is 2.65. The zero-order valence-corrected chi connectivity index (χ0v) is 7.89. The minimum Gasteiger partial charge on any atom is -0.497 e. The molecule has 1 heterocycles. The van der Waals surface area contributed by atoms with Crippen molar-refractivity contribution < 1.29 is 4.74 Å². The van der Waals surface area contributed by atoms with E-state index in [2.05, 4.69) is 19.9 Å². The summed E-state index contributed by atoms with van der Waals surface area (Å²) in [6.07, 6.45) is 7.73. The number of ether oxygens (including phenoxy) is 1. The van der Waals surface area contributed by atoms with Crippen molar-refractivity contribution in [3.05, 3.63) is 23.5 Å². The van der Waals surface area contributed by atoms with Gasteiger partial charge in [-0.3, -0.25) is 0 Å². The summed E-state index contributed by atoms with van der Waals surface area (Å²) in [7, 11) is 0. The van der Waals surface area contributed by atoms with E-state index in [1.54, 1.807) is 0 Å². The monoisotopic (exact) mass is 164 g/mol. The zero-order chi connectivity index (χ0) is 8.60. The first-order valence-corrected chi connectivity index (χ1v) is 4.66. The second-order valence-electron chi connectivity index (χ2n) is 4.58. The molecule has 0 N–H and O–H groups in total. The minimum atomic E-state index is 0.501. The highest BCUT2D eigenvalue weighted by Gasteiger charge is 2.26. The summed E-state index contributed by atoms with van der Waals surface area (Å²) in [6, 6.07) is 0. The highest BCUT2D eigenvalue weighted by Crippen LogP contribution is 2.40. The van der Waals surface area contributed by atoms with Crippen LogP contribution in [0, 0.1) is 5.41 Å². The van der Waals surface area contributed by atoms with Gasteiger partial charge in [0.15, 0.2) is 0 Å². The molecule has 0 unspecified atom stereocenters. The van der Waals surface area contributed by atoms with Crippen molar-refractivity contribution in [2.24, 2.45) is 5.41 Å². The maximum Gasteiger partial charge on any atom is 0.109 e. The first kappa shape index (κ1) is 7.90. The molecule has 0 fully saturated rings. The van der Waals surface area contributed by atoms with Crippen LogP contribution < -0.4 is 0 Å². The SMILES string of the molecule is CC1(C)CCC2=C(C=COC2)C1. The topological polar surface area (TPSA) is 9.23 Å². The second-order valence-corrected chi connectivity index (χ2v) is 4.58. The molecule has 0 bridgehead atoms. The molecule has 12 heavy (non-hydrogen) atoms. The Morgan fingerprint density at radius 3 is 3.08 bits per heavy atom. The Balaban J connectivity index is 2.22. The zero-order valence-electron chi connectivity index (χ0n) is 7.89. The number of hydrogen-bond acceptors (Lipinski definition) is 1. The first-order valence-electron chi connectivity index (χ1n) is 4.66. The van der Waals surface area contributed by atoms with Crippen LogP contribution in [-0.4, -0.2) is 6.61 Å². The molecule has 1 aliphatic carbocycles. The van der Waals surface area contributed by atoms with Gasteiger partial charge in [0, 0.05) is 0 Å². The van der Waals surface area contributed by atoms with Gasteiger partial charge in [0.25, 0.3) is 0 Å². The van der Waals surface area contributed by atoms with Crippen molar-refractivity contribution in [3.63, 3.8) is 0 Å². The molecule has 2 aliphatic rings. The van der Waals surface area contributed by atoms with Crippen molar-refractivity contribution in [2.45, 2.75) is 33.1 Å². The van der Waals surface area contributed by atoms with E-state index in [9.17, 15) is 0 Å². The van der Waals surface area contributed by atoms with E-state index in [0.717, 1.165) is 6.61 Å². The van der Waals surface area contributed by atoms with Gasteiger partial charge in [0.2, 0.25) is 0 Å². The van der Waals surface area contributed by atoms with Gasteiger partial charge >= 0.3 is 0 Å². The van der Waals surface area contributed by atoms with Crippen molar-refractivity contribution in [3.8, 4) is 0 Å². The number of allylic oxidation sites excluding steroid dienone is 2. The van der Waals surface area contributed by atoms with Crippen LogP contribution in [0.1, 0.15) is 33.1 Å². The fourth-order valence-electron chi connectivity index (χ4n) is 2.00. The Kier molecular flexibility index (Phi) is 1.75. The highest BCUT2D eigenvalue weighted by molar-refractivity contribution is 5.31. The van der Waals surface area contributed by atoms with Crippen molar-refractivity contribution >= 4 is 0 Å². The van der Waals surface area contributed by atoms with E-state index >= 15 is 0 Å². The summed E-state index contributed by atoms with van der Waals surface area (Å²) in [4.78, 5) is 0. The lowest BCUT2D eigenvalue weighted by Gasteiger charge is -2.33. The van der Waals surface area contributed by atoms with Gasteiger partial charge < -0.3 is 4.74 Å². The Morgan fingerprint density at radius 1 is 1.42 bits per heavy atom. The molecule has 1 heteroatoms. The van der Waals surface area contributed by atoms with Crippen LogP contribution >= 0.6 is 0 Å². The largest absolute Gasteiger partial charge is 0.497 e. The van der Waals surface area contributed by atoms with Gasteiger partial charge in [0.05, 0.1) is 6.26 Å². The third-order valence-electron chi connectivity index (χ3n) is 2.85. The molecule has 0 radical (unpaired) electrons. The highest BCUT2D eigenvalue weighted by atomic mass is 16.5. The molecule has 0 atom stereocenters. The molecule has 2 rings (SSSR count). The van der Waals surface area contributed by atoms with E-state index in [4.69, 9.17) is 4.74 Å². The minimum absolute atomic E-state index is 0.501. The average Bonchev–Trinajstić information content (AvgIpc) is 2.02. The van der Waals surface area contributed by atoms with Crippen molar-refractivity contribution in [1.82, 2.24) is 0 Å². The van der Waals surface area contributed by atoms with E-state index in [1.165, 1.54) is 30.4 Å². The summed E-state index contributed by atoms with van der Waals surface area (Å²) in [5.74, 6) is 0. The third-order valence-corrected chi connectivity index (χ3v) is 2.85. The van der Waals surface area contributed by atoms with Gasteiger partial charge in [-0.25, -0.2) is 0 Å². The summed E-state index contributed by atoms with van der Waals surface area (Å²) < 4.78 is 5.27. The standard InChI is InChI=1S/C11H16O/c1-11(2)5-3-10-8-12-6-4-9(10)7-11/h4,6H,3,5,7-8H2,1-2H3. The van der Waals surface area contributed by atoms with E-state index in [-0.39, 0.29) is 0 Å². The fraction of sp³-hybridized carbons (Fsp3) is 0.636. The third kappa shape index (κ3) is 1.40. The molecule has 0 aromatic heterocycles. The summed E-state index contributed by atoms with van der Waals surface area (Å²) in [5, 5.41) is 0. The maximum atomic E-state index is 5.27. The Bertz CT molecular complexity index is 246. The summed E-state index contributed by atoms with van der Waals surface area (Å²) >= 11 is 0. The number of hydrogen-bond donors (Lipinski definition) is 0. The normalized spacial score (nSPS) is 26.5. The molecule has 1 aliphatic heterocycles. The molecule has 0 aromatic carbocycles. The van der Waals surface area contributed by atoms with E-state index in [0.29, 0.717) is 5.41 Å². The molecular formula is C11H16O. The molecule has 1 nitrogen and oxygen atoms in total. The predicted octanol–water partition coefficient (Wildman–Crippen LogP) is 3.04. The lowest BCUT2D eigenvalue weighted by atomic mass is 9.74. The predicted molar refractivity (Wildman–Crippen MR) is 49.8 cm³/mol. The lowest BCUT2D eigenvalue weighted by molar-refractivity contribution is 0.242. The van der Waals surface area contributed by atoms with Gasteiger partial charge in [-0.15, -0.1) is 0 Å². The van der Waals surface area contributed by atoms with Crippen LogP contribution in [0.2, 0.25) is 0 Å². The lowest BCUT2D eigenvalue weighted by Crippen LogP contribution is -2.20. The molecule has 0 amide bonds. The van der Waals surface area contributed by atoms with Gasteiger partial charge in [-0.1, -0.05) is 13.8 Å². The van der Waals surface area contributed by atoms with Crippen LogP contribution in [0.15, 0.2) is 23.5 Å². The van der Waals surface area contributed by atoms with Crippen LogP contribution in [0.3, 0.4) is 0 Å². The van der Waals surface area contributed by atoms with Gasteiger partial charge in [0.1, 0.15) is 6.61 Å². The Labute approximate surface area is 74.1 Å². The Hall–Kier alpha value is -0.720.